The predicted octanol–water partition coefficient (Wildman–Crippen LogP) is 3.25. The van der Waals surface area contributed by atoms with E-state index in [0.29, 0.717) is 0 Å². The lowest BCUT2D eigenvalue weighted by Gasteiger charge is -2.07. The Morgan fingerprint density at radius 2 is 1.89 bits per heavy atom. The summed E-state index contributed by atoms with van der Waals surface area (Å²) >= 11 is 0. The first kappa shape index (κ1) is 15.2. The first-order chi connectivity index (χ1) is 8.74. The largest absolute Gasteiger partial charge is 0.383 e. The molecule has 0 unspecified atom stereocenters. The molecule has 0 saturated carbocycles. The Morgan fingerprint density at radius 1 is 1.06 bits per heavy atom. The summed E-state index contributed by atoms with van der Waals surface area (Å²) in [6, 6.07) is 6.75. The van der Waals surface area contributed by atoms with E-state index in [2.05, 4.69) is 37.4 Å². The Labute approximate surface area is 112 Å². The van der Waals surface area contributed by atoms with Gasteiger partial charge in [-0.25, -0.2) is 0 Å². The second-order valence-electron chi connectivity index (χ2n) is 4.98. The van der Waals surface area contributed by atoms with Crippen molar-refractivity contribution in [3.63, 3.8) is 0 Å². The van der Waals surface area contributed by atoms with E-state index in [-0.39, 0.29) is 0 Å². The zero-order chi connectivity index (χ0) is 13.2. The SMILES string of the molecule is COCCNCCCCCc1cc(C)ccc1C. The highest BCUT2D eigenvalue weighted by Crippen LogP contribution is 2.13. The maximum Gasteiger partial charge on any atom is 0.0587 e. The molecule has 102 valence electrons. The molecule has 1 aromatic rings. The summed E-state index contributed by atoms with van der Waals surface area (Å²) in [5.74, 6) is 0. The van der Waals surface area contributed by atoms with Crippen LogP contribution in [0, 0.1) is 13.8 Å². The van der Waals surface area contributed by atoms with Crippen LogP contribution in [-0.4, -0.2) is 26.8 Å². The Bertz CT molecular complexity index is 336. The summed E-state index contributed by atoms with van der Waals surface area (Å²) in [5, 5.41) is 3.38. The molecule has 1 N–H and O–H groups in total. The van der Waals surface area contributed by atoms with Gasteiger partial charge in [0.25, 0.3) is 0 Å². The van der Waals surface area contributed by atoms with Gasteiger partial charge in [-0.05, 0) is 50.8 Å². The summed E-state index contributed by atoms with van der Waals surface area (Å²) < 4.78 is 4.99. The molecule has 0 bridgehead atoms. The van der Waals surface area contributed by atoms with Crippen molar-refractivity contribution in [2.45, 2.75) is 39.5 Å². The van der Waals surface area contributed by atoms with Gasteiger partial charge in [-0.2, -0.15) is 0 Å². The standard InChI is InChI=1S/C16H27NO/c1-14-8-9-15(2)16(13-14)7-5-4-6-10-17-11-12-18-3/h8-9,13,17H,4-7,10-12H2,1-3H3. The summed E-state index contributed by atoms with van der Waals surface area (Å²) in [6.07, 6.45) is 5.06. The lowest BCUT2D eigenvalue weighted by molar-refractivity contribution is 0.199. The number of hydrogen-bond acceptors (Lipinski definition) is 2. The predicted molar refractivity (Wildman–Crippen MR) is 78.2 cm³/mol. The number of hydrogen-bond donors (Lipinski definition) is 1. The van der Waals surface area contributed by atoms with Crippen LogP contribution >= 0.6 is 0 Å². The smallest absolute Gasteiger partial charge is 0.0587 e. The van der Waals surface area contributed by atoms with Gasteiger partial charge in [0.2, 0.25) is 0 Å². The van der Waals surface area contributed by atoms with Crippen molar-refractivity contribution in [1.82, 2.24) is 5.32 Å². The Hall–Kier alpha value is -0.860. The fourth-order valence-corrected chi connectivity index (χ4v) is 2.11. The van der Waals surface area contributed by atoms with Crippen LogP contribution in [0.3, 0.4) is 0 Å². The molecule has 2 nitrogen and oxygen atoms in total. The average Bonchev–Trinajstić information content (AvgIpc) is 2.36. The monoisotopic (exact) mass is 249 g/mol. The van der Waals surface area contributed by atoms with Gasteiger partial charge in [0.1, 0.15) is 0 Å². The molecule has 1 rings (SSSR count). The van der Waals surface area contributed by atoms with Crippen LogP contribution in [0.2, 0.25) is 0 Å². The molecule has 0 aliphatic rings. The normalized spacial score (nSPS) is 10.8. The number of nitrogens with one attached hydrogen (secondary N) is 1. The number of unbranched alkanes of at least 4 members (excludes halogenated alkanes) is 2. The molecule has 0 aromatic heterocycles. The minimum Gasteiger partial charge on any atom is -0.383 e. The van der Waals surface area contributed by atoms with Crippen molar-refractivity contribution in [3.8, 4) is 0 Å². The van der Waals surface area contributed by atoms with E-state index >= 15 is 0 Å². The highest BCUT2D eigenvalue weighted by Gasteiger charge is 1.98. The third kappa shape index (κ3) is 6.18. The van der Waals surface area contributed by atoms with Crippen LogP contribution < -0.4 is 5.32 Å². The van der Waals surface area contributed by atoms with Gasteiger partial charge in [0, 0.05) is 13.7 Å². The van der Waals surface area contributed by atoms with Gasteiger partial charge in [-0.1, -0.05) is 30.2 Å². The van der Waals surface area contributed by atoms with Crippen LogP contribution in [0.1, 0.15) is 36.0 Å². The Balaban J connectivity index is 2.09. The van der Waals surface area contributed by atoms with Gasteiger partial charge in [0.15, 0.2) is 0 Å². The number of ether oxygens (including phenoxy) is 1. The number of aryl methyl sites for hydroxylation is 3. The molecule has 0 spiro atoms. The summed E-state index contributed by atoms with van der Waals surface area (Å²) in [7, 11) is 1.74. The Morgan fingerprint density at radius 3 is 2.67 bits per heavy atom. The summed E-state index contributed by atoms with van der Waals surface area (Å²) in [5.41, 5.74) is 4.32. The lowest BCUT2D eigenvalue weighted by atomic mass is 10.00. The fraction of sp³-hybridized carbons (Fsp3) is 0.625. The van der Waals surface area contributed by atoms with E-state index in [4.69, 9.17) is 4.74 Å². The quantitative estimate of drug-likeness (QED) is 0.678. The van der Waals surface area contributed by atoms with E-state index in [9.17, 15) is 0 Å². The third-order valence-electron chi connectivity index (χ3n) is 3.29. The zero-order valence-electron chi connectivity index (χ0n) is 12.1. The van der Waals surface area contributed by atoms with Crippen molar-refractivity contribution in [2.75, 3.05) is 26.8 Å². The minimum absolute atomic E-state index is 0.808. The summed E-state index contributed by atoms with van der Waals surface area (Å²) in [6.45, 7) is 7.26. The number of rotatable bonds is 9. The molecule has 0 aliphatic carbocycles. The van der Waals surface area contributed by atoms with Crippen molar-refractivity contribution >= 4 is 0 Å². The average molecular weight is 249 g/mol. The molecule has 0 fully saturated rings. The van der Waals surface area contributed by atoms with Crippen molar-refractivity contribution in [1.29, 1.82) is 0 Å². The van der Waals surface area contributed by atoms with E-state index in [1.54, 1.807) is 7.11 Å². The second kappa shape index (κ2) is 9.12. The minimum atomic E-state index is 0.808. The van der Waals surface area contributed by atoms with Crippen LogP contribution in [0.25, 0.3) is 0 Å². The van der Waals surface area contributed by atoms with Crippen LogP contribution in [0.15, 0.2) is 18.2 Å². The molecule has 2 heteroatoms. The van der Waals surface area contributed by atoms with E-state index in [1.165, 1.54) is 42.4 Å². The maximum atomic E-state index is 4.99. The van der Waals surface area contributed by atoms with Crippen LogP contribution in [0.5, 0.6) is 0 Å². The van der Waals surface area contributed by atoms with Gasteiger partial charge in [-0.3, -0.25) is 0 Å². The van der Waals surface area contributed by atoms with E-state index in [1.807, 2.05) is 0 Å². The molecule has 0 radical (unpaired) electrons. The lowest BCUT2D eigenvalue weighted by Crippen LogP contribution is -2.20. The van der Waals surface area contributed by atoms with Gasteiger partial charge >= 0.3 is 0 Å². The van der Waals surface area contributed by atoms with E-state index in [0.717, 1.165) is 19.7 Å². The van der Waals surface area contributed by atoms with Gasteiger partial charge < -0.3 is 10.1 Å². The molecule has 1 aromatic carbocycles. The molecule has 0 saturated heterocycles. The number of benzene rings is 1. The van der Waals surface area contributed by atoms with Crippen molar-refractivity contribution in [3.05, 3.63) is 34.9 Å². The molecule has 18 heavy (non-hydrogen) atoms. The topological polar surface area (TPSA) is 21.3 Å². The molecule has 0 aliphatic heterocycles. The second-order valence-corrected chi connectivity index (χ2v) is 4.98. The molecule has 0 heterocycles. The molecule has 0 atom stereocenters. The first-order valence-corrected chi connectivity index (χ1v) is 7.00. The molecule has 0 amide bonds. The fourth-order valence-electron chi connectivity index (χ4n) is 2.11. The molecular formula is C16H27NO. The summed E-state index contributed by atoms with van der Waals surface area (Å²) in [4.78, 5) is 0. The highest BCUT2D eigenvalue weighted by molar-refractivity contribution is 5.30. The maximum absolute atomic E-state index is 4.99. The zero-order valence-corrected chi connectivity index (χ0v) is 12.1. The highest BCUT2D eigenvalue weighted by atomic mass is 16.5. The first-order valence-electron chi connectivity index (χ1n) is 7.00. The van der Waals surface area contributed by atoms with Crippen molar-refractivity contribution in [2.24, 2.45) is 0 Å². The molecular weight excluding hydrogens is 222 g/mol. The third-order valence-corrected chi connectivity index (χ3v) is 3.29. The van der Waals surface area contributed by atoms with E-state index < -0.39 is 0 Å². The van der Waals surface area contributed by atoms with Gasteiger partial charge in [-0.15, -0.1) is 0 Å². The van der Waals surface area contributed by atoms with Gasteiger partial charge in [0.05, 0.1) is 6.61 Å². The van der Waals surface area contributed by atoms with Crippen LogP contribution in [-0.2, 0) is 11.2 Å². The Kier molecular flexibility index (Phi) is 7.70. The van der Waals surface area contributed by atoms with Crippen LogP contribution in [0.4, 0.5) is 0 Å². The number of methoxy groups -OCH3 is 1. The van der Waals surface area contributed by atoms with Crippen molar-refractivity contribution < 1.29 is 4.74 Å².